The van der Waals surface area contributed by atoms with Crippen molar-refractivity contribution in [1.29, 1.82) is 0 Å². The minimum Gasteiger partial charge on any atom is -0.375 e. The first-order chi connectivity index (χ1) is 6.42. The van der Waals surface area contributed by atoms with Crippen molar-refractivity contribution in [3.63, 3.8) is 0 Å². The molecule has 2 rings (SSSR count). The monoisotopic (exact) mass is 184 g/mol. The number of nitrogens with zero attached hydrogens (tertiary/aromatic N) is 1. The lowest BCUT2D eigenvalue weighted by Gasteiger charge is -2.37. The summed E-state index contributed by atoms with van der Waals surface area (Å²) in [5.41, 5.74) is 0. The molecule has 1 aliphatic heterocycles. The number of hydrogen-bond acceptors (Lipinski definition) is 3. The third kappa shape index (κ3) is 2.03. The highest BCUT2D eigenvalue weighted by molar-refractivity contribution is 4.89. The summed E-state index contributed by atoms with van der Waals surface area (Å²) in [6, 6.07) is 0.724. The van der Waals surface area contributed by atoms with Gasteiger partial charge in [-0.1, -0.05) is 0 Å². The highest BCUT2D eigenvalue weighted by Gasteiger charge is 2.35. The number of likely N-dealkylation sites (N-methyl/N-ethyl adjacent to an activating group) is 1. The molecule has 0 aromatic heterocycles. The zero-order chi connectivity index (χ0) is 9.10. The average Bonchev–Trinajstić information content (AvgIpc) is 2.62. The molecule has 1 aliphatic carbocycles. The second-order valence-corrected chi connectivity index (χ2v) is 4.05. The number of rotatable bonds is 3. The van der Waals surface area contributed by atoms with Gasteiger partial charge in [-0.2, -0.15) is 0 Å². The molecule has 2 atom stereocenters. The molecule has 0 aromatic carbocycles. The van der Waals surface area contributed by atoms with Crippen LogP contribution in [0.25, 0.3) is 0 Å². The van der Waals surface area contributed by atoms with Gasteiger partial charge in [-0.3, -0.25) is 4.90 Å². The molecule has 13 heavy (non-hydrogen) atoms. The van der Waals surface area contributed by atoms with Crippen LogP contribution in [0.5, 0.6) is 0 Å². The van der Waals surface area contributed by atoms with Gasteiger partial charge in [-0.25, -0.2) is 0 Å². The van der Waals surface area contributed by atoms with Crippen LogP contribution in [0.1, 0.15) is 19.3 Å². The molecule has 76 valence electrons. The van der Waals surface area contributed by atoms with E-state index in [1.165, 1.54) is 25.8 Å². The smallest absolute Gasteiger partial charge is 0.0730 e. The topological polar surface area (TPSA) is 24.5 Å². The fraction of sp³-hybridized carbons (Fsp3) is 1.00. The van der Waals surface area contributed by atoms with Crippen LogP contribution in [-0.4, -0.2) is 50.3 Å². The summed E-state index contributed by atoms with van der Waals surface area (Å²) < 4.78 is 5.75. The maximum absolute atomic E-state index is 5.75. The largest absolute Gasteiger partial charge is 0.375 e. The predicted octanol–water partition coefficient (Wildman–Crippen LogP) is 0.459. The van der Waals surface area contributed by atoms with E-state index in [1.807, 2.05) is 7.05 Å². The van der Waals surface area contributed by atoms with Gasteiger partial charge < -0.3 is 10.1 Å². The Bertz CT molecular complexity index is 163. The van der Waals surface area contributed by atoms with Gasteiger partial charge in [0.1, 0.15) is 0 Å². The lowest BCUT2D eigenvalue weighted by Crippen LogP contribution is -2.50. The predicted molar refractivity (Wildman–Crippen MR) is 52.9 cm³/mol. The third-order valence-corrected chi connectivity index (χ3v) is 3.25. The molecule has 1 N–H and O–H groups in total. The van der Waals surface area contributed by atoms with Gasteiger partial charge in [0, 0.05) is 25.7 Å². The summed E-state index contributed by atoms with van der Waals surface area (Å²) in [5.74, 6) is 0. The first-order valence-corrected chi connectivity index (χ1v) is 5.42. The number of ether oxygens (including phenoxy) is 1. The van der Waals surface area contributed by atoms with Crippen molar-refractivity contribution in [2.75, 3.05) is 33.3 Å². The zero-order valence-electron chi connectivity index (χ0n) is 8.46. The van der Waals surface area contributed by atoms with Gasteiger partial charge in [-0.15, -0.1) is 0 Å². The molecular formula is C10H20N2O. The van der Waals surface area contributed by atoms with Gasteiger partial charge in [0.2, 0.25) is 0 Å². The fourth-order valence-corrected chi connectivity index (χ4v) is 2.54. The average molecular weight is 184 g/mol. The van der Waals surface area contributed by atoms with E-state index in [-0.39, 0.29) is 0 Å². The van der Waals surface area contributed by atoms with Crippen molar-refractivity contribution in [1.82, 2.24) is 10.2 Å². The van der Waals surface area contributed by atoms with E-state index >= 15 is 0 Å². The van der Waals surface area contributed by atoms with Gasteiger partial charge in [0.05, 0.1) is 12.7 Å². The first-order valence-electron chi connectivity index (χ1n) is 5.42. The van der Waals surface area contributed by atoms with Crippen LogP contribution < -0.4 is 5.32 Å². The standard InChI is InChI=1S/C10H20N2O/c1-11-5-6-12-7-8-13-10-4-2-3-9(10)12/h9-11H,2-8H2,1H3. The van der Waals surface area contributed by atoms with E-state index < -0.39 is 0 Å². The van der Waals surface area contributed by atoms with Gasteiger partial charge >= 0.3 is 0 Å². The van der Waals surface area contributed by atoms with Crippen LogP contribution in [0.15, 0.2) is 0 Å². The summed E-state index contributed by atoms with van der Waals surface area (Å²) >= 11 is 0. The maximum Gasteiger partial charge on any atom is 0.0730 e. The Labute approximate surface area is 80.4 Å². The number of fused-ring (bicyclic) bond motifs is 1. The quantitative estimate of drug-likeness (QED) is 0.689. The van der Waals surface area contributed by atoms with Crippen LogP contribution in [0, 0.1) is 0 Å². The van der Waals surface area contributed by atoms with Crippen molar-refractivity contribution in [2.45, 2.75) is 31.4 Å². The van der Waals surface area contributed by atoms with E-state index in [2.05, 4.69) is 10.2 Å². The normalized spacial score (nSPS) is 34.8. The molecule has 2 aliphatic rings. The Morgan fingerprint density at radius 2 is 2.38 bits per heavy atom. The summed E-state index contributed by atoms with van der Waals surface area (Å²) in [6.45, 7) is 4.35. The Hall–Kier alpha value is -0.120. The molecule has 3 nitrogen and oxygen atoms in total. The Kier molecular flexibility index (Phi) is 3.19. The molecule has 1 saturated carbocycles. The van der Waals surface area contributed by atoms with Crippen LogP contribution in [0.4, 0.5) is 0 Å². The lowest BCUT2D eigenvalue weighted by molar-refractivity contribution is -0.0547. The summed E-state index contributed by atoms with van der Waals surface area (Å²) in [6.07, 6.45) is 4.52. The molecule has 0 bridgehead atoms. The molecule has 2 unspecified atom stereocenters. The Morgan fingerprint density at radius 1 is 1.46 bits per heavy atom. The fourth-order valence-electron chi connectivity index (χ4n) is 2.54. The van der Waals surface area contributed by atoms with Crippen molar-refractivity contribution in [3.8, 4) is 0 Å². The molecule has 0 spiro atoms. The van der Waals surface area contributed by atoms with Crippen LogP contribution >= 0.6 is 0 Å². The van der Waals surface area contributed by atoms with Crippen molar-refractivity contribution in [2.24, 2.45) is 0 Å². The molecule has 3 heteroatoms. The number of morpholine rings is 1. The van der Waals surface area contributed by atoms with Crippen LogP contribution in [0.3, 0.4) is 0 Å². The highest BCUT2D eigenvalue weighted by Crippen LogP contribution is 2.29. The second kappa shape index (κ2) is 4.40. The van der Waals surface area contributed by atoms with Crippen molar-refractivity contribution in [3.05, 3.63) is 0 Å². The molecule has 0 amide bonds. The van der Waals surface area contributed by atoms with Crippen molar-refractivity contribution >= 4 is 0 Å². The van der Waals surface area contributed by atoms with E-state index in [9.17, 15) is 0 Å². The first kappa shape index (κ1) is 9.44. The van der Waals surface area contributed by atoms with E-state index in [1.54, 1.807) is 0 Å². The molecule has 1 saturated heterocycles. The SMILES string of the molecule is CNCCN1CCOC2CCCC21. The second-order valence-electron chi connectivity index (χ2n) is 4.05. The van der Waals surface area contributed by atoms with E-state index in [0.717, 1.165) is 25.7 Å². The summed E-state index contributed by atoms with van der Waals surface area (Å²) in [7, 11) is 2.02. The lowest BCUT2D eigenvalue weighted by atomic mass is 10.1. The number of hydrogen-bond donors (Lipinski definition) is 1. The molecule has 0 radical (unpaired) electrons. The minimum absolute atomic E-state index is 0.547. The Balaban J connectivity index is 1.86. The van der Waals surface area contributed by atoms with Gasteiger partial charge in [0.25, 0.3) is 0 Å². The van der Waals surface area contributed by atoms with E-state index in [4.69, 9.17) is 4.74 Å². The highest BCUT2D eigenvalue weighted by atomic mass is 16.5. The minimum atomic E-state index is 0.547. The van der Waals surface area contributed by atoms with E-state index in [0.29, 0.717) is 6.10 Å². The maximum atomic E-state index is 5.75. The summed E-state index contributed by atoms with van der Waals surface area (Å²) in [5, 5.41) is 3.21. The van der Waals surface area contributed by atoms with Crippen LogP contribution in [-0.2, 0) is 4.74 Å². The van der Waals surface area contributed by atoms with Gasteiger partial charge in [0.15, 0.2) is 0 Å². The van der Waals surface area contributed by atoms with Crippen molar-refractivity contribution < 1.29 is 4.74 Å². The zero-order valence-corrected chi connectivity index (χ0v) is 8.46. The van der Waals surface area contributed by atoms with Crippen LogP contribution in [0.2, 0.25) is 0 Å². The molecule has 1 heterocycles. The third-order valence-electron chi connectivity index (χ3n) is 3.25. The number of nitrogens with one attached hydrogen (secondary N) is 1. The molecular weight excluding hydrogens is 164 g/mol. The summed E-state index contributed by atoms with van der Waals surface area (Å²) in [4.78, 5) is 2.59. The molecule has 0 aromatic rings. The Morgan fingerprint density at radius 3 is 3.23 bits per heavy atom. The molecule has 2 fully saturated rings. The van der Waals surface area contributed by atoms with Gasteiger partial charge in [-0.05, 0) is 26.3 Å².